The van der Waals surface area contributed by atoms with Gasteiger partial charge in [0.05, 0.1) is 6.20 Å². The molecule has 0 amide bonds. The summed E-state index contributed by atoms with van der Waals surface area (Å²) < 4.78 is 4.55. The number of ether oxygens (including phenoxy) is 1. The molecule has 1 heterocycles. The number of rotatable bonds is 1. The van der Waals surface area contributed by atoms with E-state index in [9.17, 15) is 4.79 Å². The standard InChI is InChI=1S/C10H8.C5H10O2.C4H5N3/c1-2-5-9-7-4-8-10(9)6-3-1;1-5(2,3)7-4-6;1-2-4-6-7-5-3-1/h1-8H;4H,1-3H3;1-4H,(H,5,6). The number of nitrogens with one attached hydrogen (secondary N) is 1. The van der Waals surface area contributed by atoms with E-state index in [1.807, 2.05) is 32.9 Å². The Bertz CT molecular complexity index is 616. The van der Waals surface area contributed by atoms with Gasteiger partial charge >= 0.3 is 0 Å². The quantitative estimate of drug-likeness (QED) is 0.771. The number of hydrogen-bond acceptors (Lipinski definition) is 5. The van der Waals surface area contributed by atoms with Gasteiger partial charge in [-0.05, 0) is 44.1 Å². The van der Waals surface area contributed by atoms with Crippen LogP contribution in [0.4, 0.5) is 0 Å². The number of allylic oxidation sites excluding steroid dienone is 2. The minimum absolute atomic E-state index is 0.318. The van der Waals surface area contributed by atoms with Gasteiger partial charge in [-0.15, -0.1) is 5.11 Å². The highest BCUT2D eigenvalue weighted by atomic mass is 16.5. The first-order valence-corrected chi connectivity index (χ1v) is 7.55. The lowest BCUT2D eigenvalue weighted by Crippen LogP contribution is -2.17. The van der Waals surface area contributed by atoms with Crippen molar-refractivity contribution in [2.24, 2.45) is 10.3 Å². The Morgan fingerprint density at radius 2 is 1.58 bits per heavy atom. The van der Waals surface area contributed by atoms with Gasteiger partial charge in [-0.1, -0.05) is 53.8 Å². The summed E-state index contributed by atoms with van der Waals surface area (Å²) in [5.74, 6) is 0. The fraction of sp³-hybridized carbons (Fsp3) is 0.211. The molecule has 5 heteroatoms. The van der Waals surface area contributed by atoms with E-state index in [0.717, 1.165) is 0 Å². The second kappa shape index (κ2) is 10.7. The fourth-order valence-corrected chi connectivity index (χ4v) is 1.57. The van der Waals surface area contributed by atoms with E-state index in [1.165, 1.54) is 11.1 Å². The van der Waals surface area contributed by atoms with Gasteiger partial charge in [-0.25, -0.2) is 0 Å². The van der Waals surface area contributed by atoms with E-state index in [4.69, 9.17) is 0 Å². The average Bonchev–Trinajstić information content (AvgIpc) is 2.75. The Kier molecular flexibility index (Phi) is 8.53. The summed E-state index contributed by atoms with van der Waals surface area (Å²) in [5, 5.41) is 7.01. The first-order chi connectivity index (χ1) is 11.5. The Morgan fingerprint density at radius 3 is 2.12 bits per heavy atom. The van der Waals surface area contributed by atoms with Crippen LogP contribution in [0.1, 0.15) is 20.8 Å². The third-order valence-electron chi connectivity index (χ3n) is 2.61. The highest BCUT2D eigenvalue weighted by Crippen LogP contribution is 2.19. The van der Waals surface area contributed by atoms with E-state index in [1.54, 1.807) is 18.5 Å². The van der Waals surface area contributed by atoms with Gasteiger partial charge in [0.15, 0.2) is 0 Å². The monoisotopic (exact) mass is 325 g/mol. The van der Waals surface area contributed by atoms with Gasteiger partial charge in [-0.3, -0.25) is 10.2 Å². The van der Waals surface area contributed by atoms with Crippen molar-refractivity contribution < 1.29 is 9.53 Å². The second-order valence-electron chi connectivity index (χ2n) is 5.72. The minimum Gasteiger partial charge on any atom is -0.462 e. The predicted molar refractivity (Wildman–Crippen MR) is 96.2 cm³/mol. The van der Waals surface area contributed by atoms with Crippen molar-refractivity contribution >= 4 is 6.47 Å². The lowest BCUT2D eigenvalue weighted by molar-refractivity contribution is -0.138. The largest absolute Gasteiger partial charge is 0.462 e. The minimum atomic E-state index is -0.318. The summed E-state index contributed by atoms with van der Waals surface area (Å²) >= 11 is 0. The second-order valence-corrected chi connectivity index (χ2v) is 5.72. The number of carbonyl (C=O) groups excluding carboxylic acids is 1. The molecule has 5 nitrogen and oxygen atoms in total. The maximum absolute atomic E-state index is 9.60. The summed E-state index contributed by atoms with van der Waals surface area (Å²) in [6.07, 6.45) is 6.92. The summed E-state index contributed by atoms with van der Waals surface area (Å²) in [5.41, 5.74) is 4.87. The van der Waals surface area contributed by atoms with Crippen LogP contribution in [-0.2, 0) is 9.53 Å². The molecule has 0 atom stereocenters. The van der Waals surface area contributed by atoms with Gasteiger partial charge in [0.25, 0.3) is 6.47 Å². The molecular formula is C19H23N3O2. The number of fused-ring (bicyclic) bond motifs is 1. The SMILES string of the molecule is C1=CN=NNC=C1.CC(C)(C)OC=O.c1ccc2cccc-2cc1. The van der Waals surface area contributed by atoms with Gasteiger partial charge in [0, 0.05) is 6.20 Å². The Morgan fingerprint density at radius 1 is 0.958 bits per heavy atom. The van der Waals surface area contributed by atoms with Crippen molar-refractivity contribution in [2.75, 3.05) is 0 Å². The van der Waals surface area contributed by atoms with E-state index >= 15 is 0 Å². The molecule has 0 fully saturated rings. The van der Waals surface area contributed by atoms with Crippen molar-refractivity contribution in [3.05, 3.63) is 73.1 Å². The van der Waals surface area contributed by atoms with Gasteiger partial charge in [0.1, 0.15) is 5.60 Å². The highest BCUT2D eigenvalue weighted by molar-refractivity contribution is 5.65. The molecule has 0 radical (unpaired) electrons. The van der Waals surface area contributed by atoms with Gasteiger partial charge < -0.3 is 4.74 Å². The molecule has 0 aromatic rings. The smallest absolute Gasteiger partial charge is 0.293 e. The third kappa shape index (κ3) is 9.15. The van der Waals surface area contributed by atoms with Crippen LogP contribution in [0.5, 0.6) is 0 Å². The molecule has 0 saturated heterocycles. The molecule has 3 aliphatic rings. The lowest BCUT2D eigenvalue weighted by atomic mass is 10.2. The summed E-state index contributed by atoms with van der Waals surface area (Å²) in [4.78, 5) is 9.60. The summed E-state index contributed by atoms with van der Waals surface area (Å²) in [7, 11) is 0. The highest BCUT2D eigenvalue weighted by Gasteiger charge is 2.07. The zero-order valence-electron chi connectivity index (χ0n) is 14.2. The molecular weight excluding hydrogens is 302 g/mol. The third-order valence-corrected chi connectivity index (χ3v) is 2.61. The first kappa shape index (κ1) is 19.1. The molecule has 0 spiro atoms. The first-order valence-electron chi connectivity index (χ1n) is 7.55. The topological polar surface area (TPSA) is 63.1 Å². The maximum atomic E-state index is 9.60. The van der Waals surface area contributed by atoms with Crippen LogP contribution >= 0.6 is 0 Å². The molecule has 24 heavy (non-hydrogen) atoms. The van der Waals surface area contributed by atoms with Crippen molar-refractivity contribution in [2.45, 2.75) is 26.4 Å². The predicted octanol–water partition coefficient (Wildman–Crippen LogP) is 4.73. The van der Waals surface area contributed by atoms with Crippen LogP contribution in [0.25, 0.3) is 11.1 Å². The van der Waals surface area contributed by atoms with Crippen LogP contribution < -0.4 is 5.43 Å². The maximum Gasteiger partial charge on any atom is 0.293 e. The molecule has 0 saturated carbocycles. The van der Waals surface area contributed by atoms with E-state index < -0.39 is 0 Å². The molecule has 3 rings (SSSR count). The van der Waals surface area contributed by atoms with Crippen molar-refractivity contribution in [3.63, 3.8) is 0 Å². The molecule has 1 N–H and O–H groups in total. The Hall–Kier alpha value is -2.95. The molecule has 1 aliphatic heterocycles. The van der Waals surface area contributed by atoms with E-state index in [0.29, 0.717) is 6.47 Å². The molecule has 0 bridgehead atoms. The summed E-state index contributed by atoms with van der Waals surface area (Å²) in [6, 6.07) is 16.7. The Balaban J connectivity index is 0.000000186. The molecule has 0 unspecified atom stereocenters. The molecule has 2 aliphatic carbocycles. The fourth-order valence-electron chi connectivity index (χ4n) is 1.57. The lowest BCUT2D eigenvalue weighted by Gasteiger charge is -2.14. The van der Waals surface area contributed by atoms with Crippen LogP contribution in [0.2, 0.25) is 0 Å². The van der Waals surface area contributed by atoms with Crippen LogP contribution in [0.3, 0.4) is 0 Å². The van der Waals surface area contributed by atoms with Crippen LogP contribution in [-0.4, -0.2) is 12.1 Å². The van der Waals surface area contributed by atoms with E-state index in [2.05, 4.69) is 63.0 Å². The average molecular weight is 325 g/mol. The number of nitrogens with zero attached hydrogens (tertiary/aromatic N) is 2. The molecule has 0 aromatic heterocycles. The number of carbonyl (C=O) groups is 1. The van der Waals surface area contributed by atoms with Crippen LogP contribution in [0, 0.1) is 0 Å². The van der Waals surface area contributed by atoms with E-state index in [-0.39, 0.29) is 5.60 Å². The Labute approximate surface area is 143 Å². The number of hydrogen-bond donors (Lipinski definition) is 1. The van der Waals surface area contributed by atoms with Crippen LogP contribution in [0.15, 0.2) is 83.4 Å². The zero-order chi connectivity index (χ0) is 17.7. The van der Waals surface area contributed by atoms with Gasteiger partial charge in [0.2, 0.25) is 0 Å². The van der Waals surface area contributed by atoms with Gasteiger partial charge in [-0.2, -0.15) is 0 Å². The normalized spacial score (nSPS) is 12.0. The molecule has 0 aromatic carbocycles. The van der Waals surface area contributed by atoms with Crippen molar-refractivity contribution in [1.82, 2.24) is 5.43 Å². The zero-order valence-corrected chi connectivity index (χ0v) is 14.2. The summed E-state index contributed by atoms with van der Waals surface area (Å²) in [6.45, 7) is 5.92. The van der Waals surface area contributed by atoms with Crippen molar-refractivity contribution in [3.8, 4) is 11.1 Å². The van der Waals surface area contributed by atoms with Crippen molar-refractivity contribution in [1.29, 1.82) is 0 Å². The molecule has 126 valence electrons.